The van der Waals surface area contributed by atoms with Crippen molar-refractivity contribution < 1.29 is 9.59 Å². The maximum absolute atomic E-state index is 12.8. The number of rotatable bonds is 5. The number of nitrogens with zero attached hydrogens (tertiary/aromatic N) is 1. The molecule has 0 unspecified atom stereocenters. The fourth-order valence-electron chi connectivity index (χ4n) is 3.66. The van der Waals surface area contributed by atoms with Crippen molar-refractivity contribution in [2.75, 3.05) is 13.1 Å². The molecule has 0 bridgehead atoms. The van der Waals surface area contributed by atoms with Gasteiger partial charge in [0, 0.05) is 25.6 Å². The first-order valence-electron chi connectivity index (χ1n) is 8.58. The van der Waals surface area contributed by atoms with Crippen molar-refractivity contribution in [3.63, 3.8) is 0 Å². The van der Waals surface area contributed by atoms with E-state index >= 15 is 0 Å². The second-order valence-electron chi connectivity index (χ2n) is 7.28. The molecule has 1 aliphatic heterocycles. The molecule has 0 spiro atoms. The minimum Gasteiger partial charge on any atom is -0.351 e. The summed E-state index contributed by atoms with van der Waals surface area (Å²) in [6, 6.07) is 6.40. The quantitative estimate of drug-likeness (QED) is 0.907. The second-order valence-corrected chi connectivity index (χ2v) is 7.28. The van der Waals surface area contributed by atoms with Crippen molar-refractivity contribution in [2.45, 2.75) is 57.9 Å². The molecule has 1 heterocycles. The van der Waals surface area contributed by atoms with Crippen molar-refractivity contribution in [2.24, 2.45) is 0 Å². The Morgan fingerprint density at radius 3 is 2.43 bits per heavy atom. The number of nitrogens with one attached hydrogen (secondary N) is 1. The summed E-state index contributed by atoms with van der Waals surface area (Å²) >= 11 is 0. The van der Waals surface area contributed by atoms with Crippen LogP contribution in [-0.2, 0) is 15.0 Å². The Morgan fingerprint density at radius 1 is 1.26 bits per heavy atom. The monoisotopic (exact) mass is 314 g/mol. The van der Waals surface area contributed by atoms with Crippen LogP contribution in [0, 0.1) is 13.8 Å². The number of carbonyl (C=O) groups excluding carboxylic acids is 2. The van der Waals surface area contributed by atoms with Crippen LogP contribution in [-0.4, -0.2) is 35.8 Å². The maximum atomic E-state index is 12.8. The van der Waals surface area contributed by atoms with Gasteiger partial charge in [-0.25, -0.2) is 0 Å². The number of hydrogen-bond acceptors (Lipinski definition) is 2. The number of aryl methyl sites for hydroxylation is 2. The molecule has 1 atom stereocenters. The zero-order valence-electron chi connectivity index (χ0n) is 14.3. The van der Waals surface area contributed by atoms with Crippen molar-refractivity contribution in [3.8, 4) is 0 Å². The summed E-state index contributed by atoms with van der Waals surface area (Å²) < 4.78 is 0. The highest BCUT2D eigenvalue weighted by atomic mass is 16.2. The number of amides is 2. The van der Waals surface area contributed by atoms with Gasteiger partial charge >= 0.3 is 0 Å². The van der Waals surface area contributed by atoms with Crippen molar-refractivity contribution in [1.29, 1.82) is 0 Å². The summed E-state index contributed by atoms with van der Waals surface area (Å²) in [5, 5.41) is 3.13. The van der Waals surface area contributed by atoms with Gasteiger partial charge in [0.15, 0.2) is 0 Å². The molecule has 1 aromatic carbocycles. The Labute approximate surface area is 138 Å². The first kappa shape index (κ1) is 16.0. The highest BCUT2D eigenvalue weighted by Crippen LogP contribution is 2.48. The Morgan fingerprint density at radius 2 is 1.91 bits per heavy atom. The average molecular weight is 314 g/mol. The van der Waals surface area contributed by atoms with Crippen LogP contribution in [0.5, 0.6) is 0 Å². The highest BCUT2D eigenvalue weighted by molar-refractivity contribution is 5.91. The van der Waals surface area contributed by atoms with Gasteiger partial charge in [-0.1, -0.05) is 29.3 Å². The van der Waals surface area contributed by atoms with Crippen molar-refractivity contribution in [1.82, 2.24) is 10.2 Å². The molecule has 1 saturated carbocycles. The normalized spacial score (nSPS) is 20.5. The summed E-state index contributed by atoms with van der Waals surface area (Å²) in [6.07, 6.45) is 3.41. The van der Waals surface area contributed by atoms with Gasteiger partial charge in [0.05, 0.1) is 5.41 Å². The van der Waals surface area contributed by atoms with E-state index in [-0.39, 0.29) is 23.3 Å². The van der Waals surface area contributed by atoms with Crippen LogP contribution in [0.25, 0.3) is 0 Å². The lowest BCUT2D eigenvalue weighted by molar-refractivity contribution is -0.129. The van der Waals surface area contributed by atoms with E-state index in [9.17, 15) is 9.59 Å². The van der Waals surface area contributed by atoms with Gasteiger partial charge < -0.3 is 10.2 Å². The zero-order valence-corrected chi connectivity index (χ0v) is 14.3. The summed E-state index contributed by atoms with van der Waals surface area (Å²) in [4.78, 5) is 26.4. The van der Waals surface area contributed by atoms with Crippen LogP contribution in [0.2, 0.25) is 0 Å². The van der Waals surface area contributed by atoms with E-state index in [1.807, 2.05) is 11.8 Å². The molecule has 2 amide bonds. The molecule has 1 aromatic rings. The molecule has 3 rings (SSSR count). The predicted molar refractivity (Wildman–Crippen MR) is 90.2 cm³/mol. The molecule has 2 fully saturated rings. The van der Waals surface area contributed by atoms with Gasteiger partial charge in [0.1, 0.15) is 0 Å². The smallest absolute Gasteiger partial charge is 0.230 e. The van der Waals surface area contributed by atoms with E-state index < -0.39 is 0 Å². The van der Waals surface area contributed by atoms with E-state index in [2.05, 4.69) is 37.4 Å². The zero-order chi connectivity index (χ0) is 16.6. The third kappa shape index (κ3) is 3.26. The lowest BCUT2D eigenvalue weighted by atomic mass is 9.91. The Balaban J connectivity index is 1.66. The Bertz CT molecular complexity index is 614. The average Bonchev–Trinajstić information content (AvgIpc) is 3.18. The van der Waals surface area contributed by atoms with Gasteiger partial charge in [0.25, 0.3) is 0 Å². The number of benzene rings is 1. The number of hydrogen-bond donors (Lipinski definition) is 1. The van der Waals surface area contributed by atoms with Crippen LogP contribution in [0.3, 0.4) is 0 Å². The maximum Gasteiger partial charge on any atom is 0.230 e. The molecule has 2 aliphatic rings. The number of carbonyl (C=O) groups is 2. The minimum atomic E-state index is -0.347. The van der Waals surface area contributed by atoms with Gasteiger partial charge in [-0.05, 0) is 45.6 Å². The van der Waals surface area contributed by atoms with E-state index in [1.165, 1.54) is 11.1 Å². The van der Waals surface area contributed by atoms with Gasteiger partial charge in [0.2, 0.25) is 11.8 Å². The fourth-order valence-corrected chi connectivity index (χ4v) is 3.66. The molecule has 1 aliphatic carbocycles. The topological polar surface area (TPSA) is 49.4 Å². The van der Waals surface area contributed by atoms with Crippen LogP contribution in [0.1, 0.15) is 49.3 Å². The summed E-state index contributed by atoms with van der Waals surface area (Å²) in [7, 11) is 0. The fraction of sp³-hybridized carbons (Fsp3) is 0.579. The lowest BCUT2D eigenvalue weighted by Gasteiger charge is -2.24. The van der Waals surface area contributed by atoms with E-state index in [0.29, 0.717) is 13.0 Å². The van der Waals surface area contributed by atoms with Crippen molar-refractivity contribution in [3.05, 3.63) is 34.9 Å². The van der Waals surface area contributed by atoms with Crippen LogP contribution in [0.15, 0.2) is 18.2 Å². The third-order valence-electron chi connectivity index (χ3n) is 5.00. The summed E-state index contributed by atoms with van der Waals surface area (Å²) in [5.74, 6) is 0.322. The second kappa shape index (κ2) is 5.99. The predicted octanol–water partition coefficient (Wildman–Crippen LogP) is 2.46. The van der Waals surface area contributed by atoms with Gasteiger partial charge in [-0.2, -0.15) is 0 Å². The molecule has 1 N–H and O–H groups in total. The SMILES string of the molecule is Cc1cc(C)cc(C2(C(=O)N[C@@H](C)CN3CCCC3=O)CC2)c1. The molecule has 0 aromatic heterocycles. The molecule has 1 saturated heterocycles. The van der Waals surface area contributed by atoms with E-state index in [1.54, 1.807) is 0 Å². The van der Waals surface area contributed by atoms with E-state index in [4.69, 9.17) is 0 Å². The van der Waals surface area contributed by atoms with Crippen LogP contribution >= 0.6 is 0 Å². The lowest BCUT2D eigenvalue weighted by Crippen LogP contribution is -2.46. The molecule has 4 nitrogen and oxygen atoms in total. The molecular weight excluding hydrogens is 288 g/mol. The molecule has 124 valence electrons. The molecule has 4 heteroatoms. The Kier molecular flexibility index (Phi) is 4.17. The summed E-state index contributed by atoms with van der Waals surface area (Å²) in [6.45, 7) is 7.58. The standard InChI is InChI=1S/C19H26N2O2/c1-13-9-14(2)11-16(10-13)19(6-7-19)18(23)20-15(3)12-21-8-4-5-17(21)22/h9-11,15H,4-8,12H2,1-3H3,(H,20,23)/t15-/m0/s1. The highest BCUT2D eigenvalue weighted by Gasteiger charge is 2.51. The molecule has 0 radical (unpaired) electrons. The molecular formula is C19H26N2O2. The van der Waals surface area contributed by atoms with Gasteiger partial charge in [-0.15, -0.1) is 0 Å². The van der Waals surface area contributed by atoms with Crippen LogP contribution < -0.4 is 5.32 Å². The number of likely N-dealkylation sites (tertiary alicyclic amines) is 1. The van der Waals surface area contributed by atoms with E-state index in [0.717, 1.165) is 31.4 Å². The first-order chi connectivity index (χ1) is 10.9. The largest absolute Gasteiger partial charge is 0.351 e. The summed E-state index contributed by atoms with van der Waals surface area (Å²) in [5.41, 5.74) is 3.20. The third-order valence-corrected chi connectivity index (χ3v) is 5.00. The minimum absolute atomic E-state index is 0.00655. The Hall–Kier alpha value is -1.84. The van der Waals surface area contributed by atoms with Crippen molar-refractivity contribution >= 4 is 11.8 Å². The molecule has 23 heavy (non-hydrogen) atoms. The van der Waals surface area contributed by atoms with Gasteiger partial charge in [-0.3, -0.25) is 9.59 Å². The van der Waals surface area contributed by atoms with Crippen LogP contribution in [0.4, 0.5) is 0 Å². The first-order valence-corrected chi connectivity index (χ1v) is 8.58.